The summed E-state index contributed by atoms with van der Waals surface area (Å²) in [6.07, 6.45) is 2.20. The summed E-state index contributed by atoms with van der Waals surface area (Å²) < 4.78 is 61.6. The Labute approximate surface area is 213 Å². The number of imidazole rings is 1. The van der Waals surface area contributed by atoms with Gasteiger partial charge in [0.2, 0.25) is 5.91 Å². The fourth-order valence-electron chi connectivity index (χ4n) is 5.07. The van der Waals surface area contributed by atoms with Crippen LogP contribution in [-0.2, 0) is 34.1 Å². The average Bonchev–Trinajstić information content (AvgIpc) is 3.23. The van der Waals surface area contributed by atoms with Crippen molar-refractivity contribution in [1.82, 2.24) is 19.8 Å². The van der Waals surface area contributed by atoms with Crippen molar-refractivity contribution >= 4 is 15.7 Å². The number of hydrogen-bond donors (Lipinski definition) is 1. The second-order valence-corrected chi connectivity index (χ2v) is 11.5. The summed E-state index contributed by atoms with van der Waals surface area (Å²) in [5, 5.41) is 0. The molecule has 7 nitrogen and oxygen atoms in total. The zero-order valence-electron chi connectivity index (χ0n) is 20.3. The number of halogens is 3. The highest BCUT2D eigenvalue weighted by Crippen LogP contribution is 2.31. The maximum atomic E-state index is 12.8. The number of aromatic amines is 1. The number of nitrogens with zero attached hydrogens (tertiary/aromatic N) is 3. The second-order valence-electron chi connectivity index (χ2n) is 9.61. The van der Waals surface area contributed by atoms with Crippen molar-refractivity contribution in [3.63, 3.8) is 0 Å². The number of carbonyl (C=O) groups excluding carboxylic acids is 1. The number of carbonyl (C=O) groups is 1. The molecule has 3 heterocycles. The third-order valence-electron chi connectivity index (χ3n) is 7.22. The highest BCUT2D eigenvalue weighted by atomic mass is 32.2. The lowest BCUT2D eigenvalue weighted by atomic mass is 9.95. The van der Waals surface area contributed by atoms with Crippen LogP contribution in [0, 0.1) is 6.92 Å². The molecule has 3 aromatic rings. The van der Waals surface area contributed by atoms with Gasteiger partial charge in [0.15, 0.2) is 0 Å². The van der Waals surface area contributed by atoms with E-state index in [1.54, 1.807) is 0 Å². The molecule has 2 aromatic carbocycles. The molecule has 2 aliphatic heterocycles. The standard InChI is InChI=1S/C26H27F3N4O3S/c1-17-23(31-25(30-17)18-6-8-22(9-7-18)37(35,36)26(27,28)29)16-32-12-10-21(11-13-32)33-15-20-5-3-2-4-19(20)14-24(33)34/h2-9,21H,10-16H2,1H3,(H,30,31). The molecule has 1 fully saturated rings. The monoisotopic (exact) mass is 532 g/mol. The number of hydrogen-bond acceptors (Lipinski definition) is 5. The van der Waals surface area contributed by atoms with Crippen LogP contribution in [0.5, 0.6) is 0 Å². The van der Waals surface area contributed by atoms with Crippen molar-refractivity contribution in [2.75, 3.05) is 13.1 Å². The van der Waals surface area contributed by atoms with Gasteiger partial charge in [0.05, 0.1) is 17.0 Å². The first-order valence-corrected chi connectivity index (χ1v) is 13.6. The summed E-state index contributed by atoms with van der Waals surface area (Å²) >= 11 is 0. The van der Waals surface area contributed by atoms with Crippen LogP contribution in [0.15, 0.2) is 53.4 Å². The molecule has 1 N–H and O–H groups in total. The number of likely N-dealkylation sites (tertiary alicyclic amines) is 1. The number of aromatic nitrogens is 2. The number of benzene rings is 2. The highest BCUT2D eigenvalue weighted by Gasteiger charge is 2.46. The molecule has 1 saturated heterocycles. The number of sulfone groups is 1. The Morgan fingerprint density at radius 1 is 1.03 bits per heavy atom. The van der Waals surface area contributed by atoms with Crippen molar-refractivity contribution in [2.24, 2.45) is 0 Å². The van der Waals surface area contributed by atoms with E-state index < -0.39 is 20.2 Å². The molecule has 1 amide bonds. The van der Waals surface area contributed by atoms with E-state index in [0.717, 1.165) is 55.0 Å². The van der Waals surface area contributed by atoms with E-state index in [1.807, 2.05) is 30.0 Å². The van der Waals surface area contributed by atoms with Gasteiger partial charge in [-0.3, -0.25) is 9.69 Å². The summed E-state index contributed by atoms with van der Waals surface area (Å²) in [7, 11) is -5.39. The first kappa shape index (κ1) is 25.5. The predicted molar refractivity (Wildman–Crippen MR) is 131 cm³/mol. The van der Waals surface area contributed by atoms with Gasteiger partial charge in [-0.25, -0.2) is 13.4 Å². The normalized spacial score (nSPS) is 17.7. The van der Waals surface area contributed by atoms with E-state index >= 15 is 0 Å². The molecule has 0 aliphatic carbocycles. The Balaban J connectivity index is 1.21. The van der Waals surface area contributed by atoms with Gasteiger partial charge in [-0.05, 0) is 55.2 Å². The maximum Gasteiger partial charge on any atom is 0.501 e. The molecule has 0 atom stereocenters. The van der Waals surface area contributed by atoms with E-state index in [-0.39, 0.29) is 11.9 Å². The van der Waals surface area contributed by atoms with Crippen molar-refractivity contribution < 1.29 is 26.4 Å². The van der Waals surface area contributed by atoms with Crippen LogP contribution < -0.4 is 0 Å². The fourth-order valence-corrected chi connectivity index (χ4v) is 5.83. The lowest BCUT2D eigenvalue weighted by molar-refractivity contribution is -0.135. The molecule has 0 spiro atoms. The summed E-state index contributed by atoms with van der Waals surface area (Å²) in [5.74, 6) is 0.648. The Kier molecular flexibility index (Phi) is 6.61. The SMILES string of the molecule is Cc1[nH]c(-c2ccc(S(=O)(=O)C(F)(F)F)cc2)nc1CN1CCC(N2Cc3ccccc3CC2=O)CC1. The van der Waals surface area contributed by atoms with Crippen LogP contribution in [0.4, 0.5) is 13.2 Å². The Bertz CT molecular complexity index is 1410. The van der Waals surface area contributed by atoms with Gasteiger partial charge in [-0.2, -0.15) is 13.2 Å². The predicted octanol–water partition coefficient (Wildman–Crippen LogP) is 4.23. The maximum absolute atomic E-state index is 12.8. The molecule has 0 bridgehead atoms. The van der Waals surface area contributed by atoms with Crippen LogP contribution in [0.2, 0.25) is 0 Å². The van der Waals surface area contributed by atoms with E-state index in [1.165, 1.54) is 17.7 Å². The first-order chi connectivity index (χ1) is 17.5. The zero-order chi connectivity index (χ0) is 26.4. The molecular weight excluding hydrogens is 505 g/mol. The second kappa shape index (κ2) is 9.60. The lowest BCUT2D eigenvalue weighted by Gasteiger charge is -2.40. The van der Waals surface area contributed by atoms with E-state index in [4.69, 9.17) is 0 Å². The van der Waals surface area contributed by atoms with Crippen LogP contribution in [-0.4, -0.2) is 58.7 Å². The van der Waals surface area contributed by atoms with Gasteiger partial charge in [0.25, 0.3) is 9.84 Å². The largest absolute Gasteiger partial charge is 0.501 e. The molecule has 196 valence electrons. The van der Waals surface area contributed by atoms with Gasteiger partial charge in [0.1, 0.15) is 5.82 Å². The quantitative estimate of drug-likeness (QED) is 0.532. The average molecular weight is 533 g/mol. The topological polar surface area (TPSA) is 86.4 Å². The molecular formula is C26H27F3N4O3S. The summed E-state index contributed by atoms with van der Waals surface area (Å²) in [6, 6.07) is 12.8. The fraction of sp³-hybridized carbons (Fsp3) is 0.385. The number of amides is 1. The van der Waals surface area contributed by atoms with Crippen LogP contribution in [0.3, 0.4) is 0 Å². The van der Waals surface area contributed by atoms with Crippen molar-refractivity contribution in [3.05, 3.63) is 71.0 Å². The minimum Gasteiger partial charge on any atom is -0.342 e. The summed E-state index contributed by atoms with van der Waals surface area (Å²) in [5.41, 5.74) is -0.855. The number of nitrogens with one attached hydrogen (secondary N) is 1. The number of H-pyrrole nitrogens is 1. The summed E-state index contributed by atoms with van der Waals surface area (Å²) in [6.45, 7) is 4.78. The Morgan fingerprint density at radius 2 is 1.68 bits per heavy atom. The number of aryl methyl sites for hydroxylation is 1. The highest BCUT2D eigenvalue weighted by molar-refractivity contribution is 7.92. The third kappa shape index (κ3) is 5.02. The van der Waals surface area contributed by atoms with Crippen LogP contribution in [0.25, 0.3) is 11.4 Å². The van der Waals surface area contributed by atoms with Gasteiger partial charge in [-0.15, -0.1) is 0 Å². The van der Waals surface area contributed by atoms with Gasteiger partial charge < -0.3 is 9.88 Å². The Hall–Kier alpha value is -3.18. The van der Waals surface area contributed by atoms with Gasteiger partial charge in [0, 0.05) is 43.5 Å². The Morgan fingerprint density at radius 3 is 2.32 bits per heavy atom. The van der Waals surface area contributed by atoms with Crippen LogP contribution in [0.1, 0.15) is 35.4 Å². The molecule has 0 unspecified atom stereocenters. The third-order valence-corrected chi connectivity index (χ3v) is 8.72. The smallest absolute Gasteiger partial charge is 0.342 e. The number of alkyl halides is 3. The molecule has 2 aliphatic rings. The van der Waals surface area contributed by atoms with Crippen molar-refractivity contribution in [2.45, 2.75) is 55.7 Å². The molecule has 0 radical (unpaired) electrons. The molecule has 0 saturated carbocycles. The van der Waals surface area contributed by atoms with Crippen molar-refractivity contribution in [1.29, 1.82) is 0 Å². The lowest BCUT2D eigenvalue weighted by Crippen LogP contribution is -2.48. The van der Waals surface area contributed by atoms with E-state index in [9.17, 15) is 26.4 Å². The van der Waals surface area contributed by atoms with Gasteiger partial charge in [-0.1, -0.05) is 24.3 Å². The molecule has 1 aromatic heterocycles. The first-order valence-electron chi connectivity index (χ1n) is 12.1. The minimum absolute atomic E-state index is 0.180. The minimum atomic E-state index is -5.39. The zero-order valence-corrected chi connectivity index (χ0v) is 21.1. The molecule has 37 heavy (non-hydrogen) atoms. The van der Waals surface area contributed by atoms with Gasteiger partial charge >= 0.3 is 5.51 Å². The summed E-state index contributed by atoms with van der Waals surface area (Å²) in [4.78, 5) is 24.0. The number of rotatable bonds is 5. The van der Waals surface area contributed by atoms with Crippen LogP contribution >= 0.6 is 0 Å². The molecule has 11 heteroatoms. The number of piperidine rings is 1. The van der Waals surface area contributed by atoms with E-state index in [0.29, 0.717) is 30.9 Å². The van der Waals surface area contributed by atoms with Crippen molar-refractivity contribution in [3.8, 4) is 11.4 Å². The molecule has 5 rings (SSSR count). The van der Waals surface area contributed by atoms with E-state index in [2.05, 4.69) is 20.9 Å². The number of fused-ring (bicyclic) bond motifs is 1.